The van der Waals surface area contributed by atoms with Crippen LogP contribution in [0, 0.1) is 5.92 Å². The lowest BCUT2D eigenvalue weighted by Gasteiger charge is -2.31. The molecule has 1 saturated heterocycles. The predicted molar refractivity (Wildman–Crippen MR) is 86.1 cm³/mol. The van der Waals surface area contributed by atoms with Crippen LogP contribution in [0.5, 0.6) is 0 Å². The molecule has 0 aromatic rings. The van der Waals surface area contributed by atoms with Gasteiger partial charge in [0.25, 0.3) is 0 Å². The number of likely N-dealkylation sites (tertiary alicyclic amines) is 1. The fourth-order valence-corrected chi connectivity index (χ4v) is 3.11. The molecule has 0 amide bonds. The molecule has 0 aromatic carbocycles. The molecule has 2 N–H and O–H groups in total. The molecule has 0 saturated carbocycles. The Morgan fingerprint density at radius 1 is 1.25 bits per heavy atom. The van der Waals surface area contributed by atoms with Gasteiger partial charge in [-0.25, -0.2) is 0 Å². The van der Waals surface area contributed by atoms with Gasteiger partial charge >= 0.3 is 0 Å². The van der Waals surface area contributed by atoms with E-state index in [-0.39, 0.29) is 0 Å². The minimum atomic E-state index is 0.536. The summed E-state index contributed by atoms with van der Waals surface area (Å²) in [7, 11) is 1.86. The highest BCUT2D eigenvalue weighted by molar-refractivity contribution is 5.80. The molecule has 2 rings (SSSR count). The van der Waals surface area contributed by atoms with Crippen molar-refractivity contribution >= 4 is 5.96 Å². The molecule has 4 nitrogen and oxygen atoms in total. The molecular weight excluding hydrogens is 248 g/mol. The Balaban J connectivity index is 1.59. The van der Waals surface area contributed by atoms with Crippen molar-refractivity contribution in [2.24, 2.45) is 10.9 Å². The Labute approximate surface area is 123 Å². The van der Waals surface area contributed by atoms with Gasteiger partial charge in [-0.3, -0.25) is 4.99 Å². The quantitative estimate of drug-likeness (QED) is 0.459. The Bertz CT molecular complexity index is 321. The van der Waals surface area contributed by atoms with Crippen molar-refractivity contribution in [2.75, 3.05) is 33.2 Å². The summed E-state index contributed by atoms with van der Waals surface area (Å²) >= 11 is 0. The van der Waals surface area contributed by atoms with E-state index in [1.165, 1.54) is 38.9 Å². The highest BCUT2D eigenvalue weighted by atomic mass is 15.2. The minimum absolute atomic E-state index is 0.536. The first-order chi connectivity index (χ1) is 9.81. The van der Waals surface area contributed by atoms with Gasteiger partial charge in [0, 0.05) is 19.6 Å². The van der Waals surface area contributed by atoms with Gasteiger partial charge in [-0.1, -0.05) is 19.1 Å². The van der Waals surface area contributed by atoms with E-state index in [0.29, 0.717) is 6.04 Å². The van der Waals surface area contributed by atoms with Crippen LogP contribution >= 0.6 is 0 Å². The van der Waals surface area contributed by atoms with Crippen LogP contribution in [0.2, 0.25) is 0 Å². The van der Waals surface area contributed by atoms with Crippen molar-refractivity contribution in [3.8, 4) is 0 Å². The molecule has 1 aliphatic carbocycles. The van der Waals surface area contributed by atoms with Gasteiger partial charge in [0.1, 0.15) is 0 Å². The van der Waals surface area contributed by atoms with Crippen LogP contribution in [0.15, 0.2) is 17.1 Å². The molecule has 0 bridgehead atoms. The summed E-state index contributed by atoms with van der Waals surface area (Å²) in [5, 5.41) is 6.95. The summed E-state index contributed by atoms with van der Waals surface area (Å²) in [4.78, 5) is 6.87. The Kier molecular flexibility index (Phi) is 6.37. The molecule has 0 unspecified atom stereocenters. The number of guanidine groups is 1. The average molecular weight is 278 g/mol. The van der Waals surface area contributed by atoms with Crippen LogP contribution in [0.25, 0.3) is 0 Å². The zero-order valence-electron chi connectivity index (χ0n) is 13.1. The molecule has 1 fully saturated rings. The number of aliphatic imine (C=N–C) groups is 1. The third kappa shape index (κ3) is 4.82. The summed E-state index contributed by atoms with van der Waals surface area (Å²) in [5.41, 5.74) is 0. The number of nitrogens with zero attached hydrogens (tertiary/aromatic N) is 2. The summed E-state index contributed by atoms with van der Waals surface area (Å²) in [6, 6.07) is 0.536. The summed E-state index contributed by atoms with van der Waals surface area (Å²) in [5.74, 6) is 1.85. The van der Waals surface area contributed by atoms with E-state index < -0.39 is 0 Å². The lowest BCUT2D eigenvalue weighted by Crippen LogP contribution is -2.43. The summed E-state index contributed by atoms with van der Waals surface area (Å²) < 4.78 is 0. The van der Waals surface area contributed by atoms with E-state index in [1.54, 1.807) is 0 Å². The first kappa shape index (κ1) is 15.4. The van der Waals surface area contributed by atoms with Crippen molar-refractivity contribution in [2.45, 2.75) is 45.1 Å². The zero-order valence-corrected chi connectivity index (χ0v) is 13.1. The van der Waals surface area contributed by atoms with E-state index in [4.69, 9.17) is 0 Å². The predicted octanol–water partition coefficient (Wildman–Crippen LogP) is 1.99. The molecule has 1 aliphatic heterocycles. The van der Waals surface area contributed by atoms with Crippen LogP contribution in [0.4, 0.5) is 0 Å². The molecule has 4 heteroatoms. The number of piperidine rings is 1. The van der Waals surface area contributed by atoms with Gasteiger partial charge in [-0.05, 0) is 57.7 Å². The molecule has 1 heterocycles. The van der Waals surface area contributed by atoms with E-state index >= 15 is 0 Å². The maximum absolute atomic E-state index is 4.32. The van der Waals surface area contributed by atoms with E-state index in [0.717, 1.165) is 31.3 Å². The number of rotatable bonds is 5. The molecule has 2 aliphatic rings. The lowest BCUT2D eigenvalue weighted by molar-refractivity contribution is 0.187. The number of hydrogen-bond acceptors (Lipinski definition) is 2. The largest absolute Gasteiger partial charge is 0.356 e. The third-order valence-electron chi connectivity index (χ3n) is 4.57. The topological polar surface area (TPSA) is 39.7 Å². The Morgan fingerprint density at radius 2 is 1.95 bits per heavy atom. The molecule has 0 spiro atoms. The monoisotopic (exact) mass is 278 g/mol. The fraction of sp³-hybridized carbons (Fsp3) is 0.812. The molecule has 20 heavy (non-hydrogen) atoms. The number of hydrogen-bond donors (Lipinski definition) is 2. The van der Waals surface area contributed by atoms with Crippen LogP contribution in [0.1, 0.15) is 39.0 Å². The van der Waals surface area contributed by atoms with E-state index in [2.05, 4.69) is 39.6 Å². The highest BCUT2D eigenvalue weighted by Gasteiger charge is 2.18. The summed E-state index contributed by atoms with van der Waals surface area (Å²) in [6.45, 7) is 7.06. The second kappa shape index (κ2) is 8.30. The van der Waals surface area contributed by atoms with Gasteiger partial charge in [-0.15, -0.1) is 0 Å². The highest BCUT2D eigenvalue weighted by Crippen LogP contribution is 2.19. The van der Waals surface area contributed by atoms with Crippen LogP contribution in [-0.2, 0) is 0 Å². The Hall–Kier alpha value is -1.03. The van der Waals surface area contributed by atoms with Crippen molar-refractivity contribution in [1.82, 2.24) is 15.5 Å². The smallest absolute Gasteiger partial charge is 0.191 e. The first-order valence-electron chi connectivity index (χ1n) is 8.16. The average Bonchev–Trinajstić information content (AvgIpc) is 3.00. The third-order valence-corrected chi connectivity index (χ3v) is 4.57. The fourth-order valence-electron chi connectivity index (χ4n) is 3.11. The maximum Gasteiger partial charge on any atom is 0.191 e. The van der Waals surface area contributed by atoms with E-state index in [9.17, 15) is 0 Å². The van der Waals surface area contributed by atoms with Crippen molar-refractivity contribution in [1.29, 1.82) is 0 Å². The standard InChI is InChI=1S/C16H30N4/c1-3-20-12-9-14(10-13-20)8-11-18-16(17-2)19-15-6-4-5-7-15/h4-5,14-15H,3,6-13H2,1-2H3,(H2,17,18,19). The van der Waals surface area contributed by atoms with E-state index in [1.807, 2.05) is 7.05 Å². The van der Waals surface area contributed by atoms with Crippen molar-refractivity contribution in [3.05, 3.63) is 12.2 Å². The molecule has 0 radical (unpaired) electrons. The van der Waals surface area contributed by atoms with Crippen LogP contribution in [0.3, 0.4) is 0 Å². The second-order valence-electron chi connectivity index (χ2n) is 5.95. The van der Waals surface area contributed by atoms with Crippen molar-refractivity contribution in [3.63, 3.8) is 0 Å². The molecule has 114 valence electrons. The van der Waals surface area contributed by atoms with Gasteiger partial charge in [-0.2, -0.15) is 0 Å². The molecule has 0 atom stereocenters. The lowest BCUT2D eigenvalue weighted by atomic mass is 9.93. The zero-order chi connectivity index (χ0) is 14.2. The second-order valence-corrected chi connectivity index (χ2v) is 5.95. The molecular formula is C16H30N4. The first-order valence-corrected chi connectivity index (χ1v) is 8.16. The Morgan fingerprint density at radius 3 is 2.55 bits per heavy atom. The van der Waals surface area contributed by atoms with Crippen LogP contribution < -0.4 is 10.6 Å². The van der Waals surface area contributed by atoms with Gasteiger partial charge in [0.05, 0.1) is 0 Å². The van der Waals surface area contributed by atoms with Gasteiger partial charge < -0.3 is 15.5 Å². The normalized spacial score (nSPS) is 22.4. The van der Waals surface area contributed by atoms with Gasteiger partial charge in [0.2, 0.25) is 0 Å². The maximum atomic E-state index is 4.32. The van der Waals surface area contributed by atoms with Crippen molar-refractivity contribution < 1.29 is 0 Å². The minimum Gasteiger partial charge on any atom is -0.356 e. The SMILES string of the molecule is CCN1CCC(CCNC(=NC)NC2CC=CC2)CC1. The van der Waals surface area contributed by atoms with Crippen LogP contribution in [-0.4, -0.2) is 50.1 Å². The number of nitrogens with one attached hydrogen (secondary N) is 2. The summed E-state index contributed by atoms with van der Waals surface area (Å²) in [6.07, 6.45) is 10.7. The van der Waals surface area contributed by atoms with Gasteiger partial charge in [0.15, 0.2) is 5.96 Å². The molecule has 0 aromatic heterocycles.